The van der Waals surface area contributed by atoms with Crippen molar-refractivity contribution < 1.29 is 4.79 Å². The third-order valence-electron chi connectivity index (χ3n) is 2.41. The molecule has 0 heterocycles. The molecule has 12 heavy (non-hydrogen) atoms. The molecule has 1 nitrogen and oxygen atoms in total. The van der Waals surface area contributed by atoms with Gasteiger partial charge in [0.05, 0.1) is 0 Å². The number of fused-ring (bicyclic) bond motifs is 1. The van der Waals surface area contributed by atoms with E-state index in [0.717, 1.165) is 11.5 Å². The first-order valence-electron chi connectivity index (χ1n) is 4.38. The van der Waals surface area contributed by atoms with Crippen LogP contribution in [0.15, 0.2) is 36.0 Å². The quantitative estimate of drug-likeness (QED) is 0.566. The van der Waals surface area contributed by atoms with Crippen molar-refractivity contribution in [1.29, 1.82) is 0 Å². The van der Waals surface area contributed by atoms with E-state index in [0.29, 0.717) is 5.92 Å². The van der Waals surface area contributed by atoms with Gasteiger partial charge in [-0.2, -0.15) is 0 Å². The van der Waals surface area contributed by atoms with Crippen LogP contribution in [0.25, 0.3) is 0 Å². The summed E-state index contributed by atoms with van der Waals surface area (Å²) in [6.07, 6.45) is 10.9. The van der Waals surface area contributed by atoms with Gasteiger partial charge in [0.15, 0.2) is 5.78 Å². The zero-order valence-corrected chi connectivity index (χ0v) is 7.16. The maximum Gasteiger partial charge on any atom is 0.185 e. The molecule has 0 aromatic rings. The Bertz CT molecular complexity index is 294. The molecule has 0 aromatic carbocycles. The molecule has 0 amide bonds. The third kappa shape index (κ3) is 1.27. The van der Waals surface area contributed by atoms with Gasteiger partial charge in [0.1, 0.15) is 0 Å². The number of allylic oxidation sites excluding steroid dienone is 6. The number of carbonyl (C=O) groups excluding carboxylic acids is 1. The molecule has 0 radical (unpaired) electrons. The Kier molecular flexibility index (Phi) is 1.72. The standard InChI is InChI=1S/C11H12O/c1-2-3-11(12)9-5-4-8-6-10(8)7-9/h2-5,7-8,10H,6H2,1H3/b3-2-. The van der Waals surface area contributed by atoms with Gasteiger partial charge in [0.2, 0.25) is 0 Å². The van der Waals surface area contributed by atoms with E-state index < -0.39 is 0 Å². The van der Waals surface area contributed by atoms with Crippen molar-refractivity contribution in [3.05, 3.63) is 36.0 Å². The molecule has 0 bridgehead atoms. The predicted octanol–water partition coefficient (Wildman–Crippen LogP) is 2.26. The number of hydrogen-bond acceptors (Lipinski definition) is 1. The van der Waals surface area contributed by atoms with Gasteiger partial charge in [-0.15, -0.1) is 0 Å². The molecule has 62 valence electrons. The smallest absolute Gasteiger partial charge is 0.185 e. The Morgan fingerprint density at radius 1 is 1.58 bits per heavy atom. The summed E-state index contributed by atoms with van der Waals surface area (Å²) >= 11 is 0. The summed E-state index contributed by atoms with van der Waals surface area (Å²) in [6, 6.07) is 0. The first-order valence-corrected chi connectivity index (χ1v) is 4.38. The van der Waals surface area contributed by atoms with Crippen LogP contribution in [0.4, 0.5) is 0 Å². The Morgan fingerprint density at radius 2 is 2.42 bits per heavy atom. The second-order valence-corrected chi connectivity index (χ2v) is 3.41. The van der Waals surface area contributed by atoms with Crippen LogP contribution in [0, 0.1) is 11.8 Å². The normalized spacial score (nSPS) is 31.6. The summed E-state index contributed by atoms with van der Waals surface area (Å²) in [7, 11) is 0. The molecule has 1 saturated carbocycles. The van der Waals surface area contributed by atoms with E-state index in [2.05, 4.69) is 12.2 Å². The molecule has 2 unspecified atom stereocenters. The lowest BCUT2D eigenvalue weighted by Gasteiger charge is -2.00. The fraction of sp³-hybridized carbons (Fsp3) is 0.364. The summed E-state index contributed by atoms with van der Waals surface area (Å²) < 4.78 is 0. The van der Waals surface area contributed by atoms with Crippen molar-refractivity contribution >= 4 is 5.78 Å². The van der Waals surface area contributed by atoms with Crippen molar-refractivity contribution in [3.63, 3.8) is 0 Å². The first kappa shape index (κ1) is 7.53. The molecule has 2 aliphatic rings. The maximum atomic E-state index is 11.4. The van der Waals surface area contributed by atoms with Crippen LogP contribution in [0.1, 0.15) is 13.3 Å². The Hall–Kier alpha value is -1.11. The van der Waals surface area contributed by atoms with E-state index in [-0.39, 0.29) is 5.78 Å². The van der Waals surface area contributed by atoms with E-state index in [9.17, 15) is 4.79 Å². The fourth-order valence-electron chi connectivity index (χ4n) is 1.57. The van der Waals surface area contributed by atoms with Crippen LogP contribution in [-0.2, 0) is 4.79 Å². The van der Waals surface area contributed by atoms with E-state index >= 15 is 0 Å². The molecule has 2 aliphatic carbocycles. The lowest BCUT2D eigenvalue weighted by atomic mass is 10.0. The molecule has 0 spiro atoms. The van der Waals surface area contributed by atoms with Gasteiger partial charge >= 0.3 is 0 Å². The molecule has 1 fully saturated rings. The van der Waals surface area contributed by atoms with Crippen molar-refractivity contribution in [3.8, 4) is 0 Å². The summed E-state index contributed by atoms with van der Waals surface area (Å²) in [5.41, 5.74) is 0.867. The second-order valence-electron chi connectivity index (χ2n) is 3.41. The second kappa shape index (κ2) is 2.74. The molecule has 0 N–H and O–H groups in total. The zero-order valence-electron chi connectivity index (χ0n) is 7.16. The maximum absolute atomic E-state index is 11.4. The van der Waals surface area contributed by atoms with E-state index in [1.165, 1.54) is 6.42 Å². The lowest BCUT2D eigenvalue weighted by molar-refractivity contribution is -0.111. The minimum absolute atomic E-state index is 0.138. The van der Waals surface area contributed by atoms with Crippen molar-refractivity contribution in [2.24, 2.45) is 11.8 Å². The summed E-state index contributed by atoms with van der Waals surface area (Å²) in [6.45, 7) is 1.87. The van der Waals surface area contributed by atoms with Crippen molar-refractivity contribution in [2.75, 3.05) is 0 Å². The van der Waals surface area contributed by atoms with E-state index in [1.807, 2.05) is 13.0 Å². The Balaban J connectivity index is 2.14. The molecular weight excluding hydrogens is 148 g/mol. The van der Waals surface area contributed by atoms with Gasteiger partial charge in [-0.3, -0.25) is 4.79 Å². The molecule has 2 atom stereocenters. The highest BCUT2D eigenvalue weighted by Gasteiger charge is 2.35. The van der Waals surface area contributed by atoms with E-state index in [1.54, 1.807) is 12.2 Å². The third-order valence-corrected chi connectivity index (χ3v) is 2.41. The largest absolute Gasteiger partial charge is 0.289 e. The van der Waals surface area contributed by atoms with Gasteiger partial charge in [-0.05, 0) is 31.3 Å². The highest BCUT2D eigenvalue weighted by molar-refractivity contribution is 6.06. The number of hydrogen-bond donors (Lipinski definition) is 0. The highest BCUT2D eigenvalue weighted by atomic mass is 16.1. The molecule has 0 aromatic heterocycles. The van der Waals surface area contributed by atoms with Gasteiger partial charge in [0, 0.05) is 5.57 Å². The highest BCUT2D eigenvalue weighted by Crippen LogP contribution is 2.44. The van der Waals surface area contributed by atoms with Gasteiger partial charge in [0.25, 0.3) is 0 Å². The molecular formula is C11H12O. The minimum Gasteiger partial charge on any atom is -0.289 e. The average Bonchev–Trinajstić information content (AvgIpc) is 2.81. The number of ketones is 1. The van der Waals surface area contributed by atoms with Crippen LogP contribution >= 0.6 is 0 Å². The van der Waals surface area contributed by atoms with Crippen molar-refractivity contribution in [1.82, 2.24) is 0 Å². The summed E-state index contributed by atoms with van der Waals surface area (Å²) in [5.74, 6) is 1.55. The molecule has 0 aliphatic heterocycles. The SMILES string of the molecule is C/C=C\C(=O)C1=CC2CC2C=C1. The molecule has 1 heteroatoms. The zero-order chi connectivity index (χ0) is 8.55. The number of carbonyl (C=O) groups is 1. The molecule has 0 saturated heterocycles. The monoisotopic (exact) mass is 160 g/mol. The number of rotatable bonds is 2. The van der Waals surface area contributed by atoms with Gasteiger partial charge in [-0.25, -0.2) is 0 Å². The predicted molar refractivity (Wildman–Crippen MR) is 48.6 cm³/mol. The Labute approximate surface area is 72.5 Å². The van der Waals surface area contributed by atoms with Crippen LogP contribution < -0.4 is 0 Å². The van der Waals surface area contributed by atoms with Crippen LogP contribution in [0.3, 0.4) is 0 Å². The molecule has 2 rings (SSSR count). The minimum atomic E-state index is 0.138. The van der Waals surface area contributed by atoms with Crippen LogP contribution in [0.2, 0.25) is 0 Å². The van der Waals surface area contributed by atoms with Crippen LogP contribution in [0.5, 0.6) is 0 Å². The van der Waals surface area contributed by atoms with Gasteiger partial charge in [-0.1, -0.05) is 24.3 Å². The van der Waals surface area contributed by atoms with E-state index in [4.69, 9.17) is 0 Å². The van der Waals surface area contributed by atoms with Gasteiger partial charge < -0.3 is 0 Å². The Morgan fingerprint density at radius 3 is 3.08 bits per heavy atom. The first-order chi connectivity index (χ1) is 5.81. The fourth-order valence-corrected chi connectivity index (χ4v) is 1.57. The van der Waals surface area contributed by atoms with Crippen LogP contribution in [-0.4, -0.2) is 5.78 Å². The average molecular weight is 160 g/mol. The summed E-state index contributed by atoms with van der Waals surface area (Å²) in [4.78, 5) is 11.4. The van der Waals surface area contributed by atoms with Crippen molar-refractivity contribution in [2.45, 2.75) is 13.3 Å². The lowest BCUT2D eigenvalue weighted by Crippen LogP contribution is -1.99. The topological polar surface area (TPSA) is 17.1 Å². The summed E-state index contributed by atoms with van der Waals surface area (Å²) in [5, 5.41) is 0.